The number of nitrogens with one attached hydrogen (secondary N) is 2. The Morgan fingerprint density at radius 2 is 1.80 bits per heavy atom. The summed E-state index contributed by atoms with van der Waals surface area (Å²) >= 11 is 5.92. The molecule has 2 N–H and O–H groups in total. The van der Waals surface area contributed by atoms with E-state index in [2.05, 4.69) is 20.6 Å². The molecule has 0 unspecified atom stereocenters. The summed E-state index contributed by atoms with van der Waals surface area (Å²) in [5, 5.41) is 6.18. The number of aromatic nitrogens is 2. The van der Waals surface area contributed by atoms with E-state index in [0.717, 1.165) is 11.3 Å². The number of carbonyl (C=O) groups is 1. The van der Waals surface area contributed by atoms with Gasteiger partial charge in [0.15, 0.2) is 0 Å². The van der Waals surface area contributed by atoms with Crippen molar-refractivity contribution in [3.63, 3.8) is 0 Å². The Labute approximate surface area is 148 Å². The summed E-state index contributed by atoms with van der Waals surface area (Å²) in [4.78, 5) is 20.4. The highest BCUT2D eigenvalue weighted by molar-refractivity contribution is 6.30. The lowest BCUT2D eigenvalue weighted by atomic mass is 10.2. The summed E-state index contributed by atoms with van der Waals surface area (Å²) in [6.07, 6.45) is 2.74. The molecule has 0 saturated carbocycles. The molecule has 1 heterocycles. The molecule has 0 aliphatic carbocycles. The average molecular weight is 357 g/mol. The highest BCUT2D eigenvalue weighted by atomic mass is 35.5. The highest BCUT2D eigenvalue weighted by Crippen LogP contribution is 2.22. The number of para-hydroxylation sites is 1. The summed E-state index contributed by atoms with van der Waals surface area (Å²) in [5.74, 6) is -0.652. The number of amides is 1. The van der Waals surface area contributed by atoms with Crippen LogP contribution in [0.2, 0.25) is 5.02 Å². The number of anilines is 3. The number of hydrogen-bond donors (Lipinski definition) is 2. The average Bonchev–Trinajstić information content (AvgIpc) is 2.60. The van der Waals surface area contributed by atoms with Crippen LogP contribution in [0, 0.1) is 12.7 Å². The van der Waals surface area contributed by atoms with Crippen LogP contribution in [-0.2, 0) is 0 Å². The van der Waals surface area contributed by atoms with Crippen LogP contribution < -0.4 is 10.6 Å². The van der Waals surface area contributed by atoms with Crippen molar-refractivity contribution in [3.05, 3.63) is 76.8 Å². The summed E-state index contributed by atoms with van der Waals surface area (Å²) in [7, 11) is 0. The zero-order valence-electron chi connectivity index (χ0n) is 13.3. The SMILES string of the molecule is Cc1cc(Cl)ccc1Nc1ncc(C(=O)Nc2ccccc2F)cn1. The number of rotatable bonds is 4. The van der Waals surface area contributed by atoms with Crippen molar-refractivity contribution in [2.45, 2.75) is 6.92 Å². The van der Waals surface area contributed by atoms with Crippen LogP contribution in [0.25, 0.3) is 0 Å². The van der Waals surface area contributed by atoms with Gasteiger partial charge in [0.1, 0.15) is 5.82 Å². The van der Waals surface area contributed by atoms with Gasteiger partial charge >= 0.3 is 0 Å². The second kappa shape index (κ2) is 7.27. The van der Waals surface area contributed by atoms with E-state index in [9.17, 15) is 9.18 Å². The normalized spacial score (nSPS) is 10.4. The fourth-order valence-corrected chi connectivity index (χ4v) is 2.38. The number of benzene rings is 2. The van der Waals surface area contributed by atoms with Crippen LogP contribution in [0.4, 0.5) is 21.7 Å². The molecule has 0 bridgehead atoms. The lowest BCUT2D eigenvalue weighted by molar-refractivity contribution is 0.102. The molecule has 0 saturated heterocycles. The Balaban J connectivity index is 1.71. The summed E-state index contributed by atoms with van der Waals surface area (Å²) in [5.41, 5.74) is 2.08. The topological polar surface area (TPSA) is 66.9 Å². The van der Waals surface area contributed by atoms with Crippen molar-refractivity contribution in [2.24, 2.45) is 0 Å². The van der Waals surface area contributed by atoms with Crippen molar-refractivity contribution in [2.75, 3.05) is 10.6 Å². The van der Waals surface area contributed by atoms with Crippen molar-refractivity contribution in [1.82, 2.24) is 9.97 Å². The predicted octanol–water partition coefficient (Wildman–Crippen LogP) is 4.57. The van der Waals surface area contributed by atoms with Crippen LogP contribution >= 0.6 is 11.6 Å². The molecule has 0 aliphatic rings. The van der Waals surface area contributed by atoms with Crippen LogP contribution in [0.3, 0.4) is 0 Å². The van der Waals surface area contributed by atoms with E-state index in [0.29, 0.717) is 11.0 Å². The standard InChI is InChI=1S/C18H14ClFN4O/c1-11-8-13(19)6-7-15(11)24-18-21-9-12(10-22-18)17(25)23-16-5-3-2-4-14(16)20/h2-10H,1H3,(H,23,25)(H,21,22,24). The second-order valence-corrected chi connectivity index (χ2v) is 5.75. The molecular formula is C18H14ClFN4O. The van der Waals surface area contributed by atoms with Gasteiger partial charge < -0.3 is 10.6 Å². The van der Waals surface area contributed by atoms with Gasteiger partial charge in [0.05, 0.1) is 11.3 Å². The Morgan fingerprint density at radius 3 is 2.48 bits per heavy atom. The number of aryl methyl sites for hydroxylation is 1. The van der Waals surface area contributed by atoms with E-state index >= 15 is 0 Å². The van der Waals surface area contributed by atoms with Gasteiger partial charge in [0.25, 0.3) is 5.91 Å². The van der Waals surface area contributed by atoms with E-state index < -0.39 is 11.7 Å². The molecule has 5 nitrogen and oxygen atoms in total. The quantitative estimate of drug-likeness (QED) is 0.718. The van der Waals surface area contributed by atoms with Crippen LogP contribution in [0.15, 0.2) is 54.9 Å². The molecule has 126 valence electrons. The van der Waals surface area contributed by atoms with Crippen molar-refractivity contribution in [1.29, 1.82) is 0 Å². The number of carbonyl (C=O) groups excluding carboxylic acids is 1. The maximum Gasteiger partial charge on any atom is 0.258 e. The van der Waals surface area contributed by atoms with Gasteiger partial charge in [-0.2, -0.15) is 0 Å². The van der Waals surface area contributed by atoms with Gasteiger partial charge in [0.2, 0.25) is 5.95 Å². The maximum atomic E-state index is 13.6. The van der Waals surface area contributed by atoms with Crippen molar-refractivity contribution in [3.8, 4) is 0 Å². The zero-order chi connectivity index (χ0) is 17.8. The first kappa shape index (κ1) is 16.9. The Hall–Kier alpha value is -2.99. The maximum absolute atomic E-state index is 13.6. The fraction of sp³-hybridized carbons (Fsp3) is 0.0556. The molecule has 0 spiro atoms. The number of hydrogen-bond acceptors (Lipinski definition) is 4. The van der Waals surface area contributed by atoms with Crippen LogP contribution in [0.1, 0.15) is 15.9 Å². The first-order chi connectivity index (χ1) is 12.0. The number of halogens is 2. The van der Waals surface area contributed by atoms with Crippen LogP contribution in [0.5, 0.6) is 0 Å². The van der Waals surface area contributed by atoms with E-state index in [1.807, 2.05) is 19.1 Å². The zero-order valence-corrected chi connectivity index (χ0v) is 14.0. The van der Waals surface area contributed by atoms with Gasteiger partial charge in [-0.15, -0.1) is 0 Å². The highest BCUT2D eigenvalue weighted by Gasteiger charge is 2.10. The first-order valence-electron chi connectivity index (χ1n) is 7.44. The summed E-state index contributed by atoms with van der Waals surface area (Å²) in [6.45, 7) is 1.91. The third-order valence-corrected chi connectivity index (χ3v) is 3.71. The minimum absolute atomic E-state index is 0.103. The monoisotopic (exact) mass is 356 g/mol. The molecule has 0 radical (unpaired) electrons. The summed E-state index contributed by atoms with van der Waals surface area (Å²) in [6, 6.07) is 11.3. The van der Waals surface area contributed by atoms with Gasteiger partial charge in [0, 0.05) is 23.1 Å². The van der Waals surface area contributed by atoms with Gasteiger partial charge in [-0.05, 0) is 42.8 Å². The first-order valence-corrected chi connectivity index (χ1v) is 7.82. The van der Waals surface area contributed by atoms with Crippen molar-refractivity contribution < 1.29 is 9.18 Å². The molecule has 3 rings (SSSR count). The largest absolute Gasteiger partial charge is 0.324 e. The van der Waals surface area contributed by atoms with E-state index in [1.54, 1.807) is 18.2 Å². The molecule has 0 fully saturated rings. The van der Waals surface area contributed by atoms with E-state index in [1.165, 1.54) is 24.5 Å². The molecule has 25 heavy (non-hydrogen) atoms. The molecular weight excluding hydrogens is 343 g/mol. The molecule has 2 aromatic carbocycles. The Kier molecular flexibility index (Phi) is 4.90. The fourth-order valence-electron chi connectivity index (χ4n) is 2.15. The van der Waals surface area contributed by atoms with Crippen molar-refractivity contribution >= 4 is 34.8 Å². The molecule has 3 aromatic rings. The van der Waals surface area contributed by atoms with Crippen LogP contribution in [-0.4, -0.2) is 15.9 Å². The third-order valence-electron chi connectivity index (χ3n) is 3.47. The second-order valence-electron chi connectivity index (χ2n) is 5.31. The minimum atomic E-state index is -0.506. The molecule has 0 aliphatic heterocycles. The number of nitrogens with zero attached hydrogens (tertiary/aromatic N) is 2. The van der Waals surface area contributed by atoms with E-state index in [-0.39, 0.29) is 11.3 Å². The molecule has 1 amide bonds. The lowest BCUT2D eigenvalue weighted by Gasteiger charge is -2.09. The smallest absolute Gasteiger partial charge is 0.258 e. The lowest BCUT2D eigenvalue weighted by Crippen LogP contribution is -2.14. The predicted molar refractivity (Wildman–Crippen MR) is 95.9 cm³/mol. The van der Waals surface area contributed by atoms with E-state index in [4.69, 9.17) is 11.6 Å². The molecule has 1 aromatic heterocycles. The Bertz CT molecular complexity index is 915. The van der Waals surface area contributed by atoms with Gasteiger partial charge in [-0.1, -0.05) is 23.7 Å². The van der Waals surface area contributed by atoms with Gasteiger partial charge in [-0.3, -0.25) is 4.79 Å². The molecule has 7 heteroatoms. The Morgan fingerprint density at radius 1 is 1.08 bits per heavy atom. The van der Waals surface area contributed by atoms with Gasteiger partial charge in [-0.25, -0.2) is 14.4 Å². The molecule has 0 atom stereocenters. The minimum Gasteiger partial charge on any atom is -0.324 e. The third kappa shape index (κ3) is 4.10. The summed E-state index contributed by atoms with van der Waals surface area (Å²) < 4.78 is 13.6.